The largest absolute Gasteiger partial charge is 0.503 e. The number of amides is 1. The molecule has 1 amide bonds. The van der Waals surface area contributed by atoms with E-state index >= 15 is 0 Å². The number of hydrogen-bond acceptors (Lipinski definition) is 6. The predicted molar refractivity (Wildman–Crippen MR) is 150 cm³/mol. The number of nitrogens with zero attached hydrogens (tertiary/aromatic N) is 1. The van der Waals surface area contributed by atoms with E-state index in [9.17, 15) is 9.90 Å². The number of piperidine rings is 1. The summed E-state index contributed by atoms with van der Waals surface area (Å²) in [5.41, 5.74) is 1.96. The quantitative estimate of drug-likeness (QED) is 0.303. The number of phenolic OH excluding ortho intramolecular Hbond substituents is 1. The summed E-state index contributed by atoms with van der Waals surface area (Å²) >= 11 is 6.18. The molecule has 1 saturated heterocycles. The summed E-state index contributed by atoms with van der Waals surface area (Å²) in [7, 11) is 1.44. The average molecular weight is 537 g/mol. The molecule has 0 saturated carbocycles. The summed E-state index contributed by atoms with van der Waals surface area (Å²) in [5, 5.41) is 13.1. The monoisotopic (exact) mass is 536 g/mol. The Kier molecular flexibility index (Phi) is 9.51. The summed E-state index contributed by atoms with van der Waals surface area (Å²) in [6.45, 7) is 5.66. The minimum atomic E-state index is -0.339. The molecular formula is C30H33ClN2O5. The first-order valence-corrected chi connectivity index (χ1v) is 13.1. The van der Waals surface area contributed by atoms with Gasteiger partial charge in [-0.05, 0) is 61.4 Å². The number of para-hydroxylation sites is 1. The smallest absolute Gasteiger partial charge is 0.248 e. The maximum atomic E-state index is 12.6. The molecule has 0 aliphatic carbocycles. The van der Waals surface area contributed by atoms with E-state index in [1.165, 1.54) is 19.3 Å². The average Bonchev–Trinajstić information content (AvgIpc) is 2.94. The van der Waals surface area contributed by atoms with Crippen LogP contribution in [0.25, 0.3) is 6.08 Å². The third-order valence-corrected chi connectivity index (χ3v) is 6.90. The number of benzene rings is 3. The third-order valence-electron chi connectivity index (χ3n) is 6.50. The SMILES string of the molecule is CCN1CCC(Oc2cccc(OCc3ccccc3NC(=O)C=Cc3ccc(OC)c(O)c3Cl)c2)CC1. The highest BCUT2D eigenvalue weighted by atomic mass is 35.5. The van der Waals surface area contributed by atoms with Gasteiger partial charge in [0.1, 0.15) is 24.2 Å². The molecule has 38 heavy (non-hydrogen) atoms. The van der Waals surface area contributed by atoms with Crippen LogP contribution in [0, 0.1) is 0 Å². The van der Waals surface area contributed by atoms with Gasteiger partial charge in [0.25, 0.3) is 0 Å². The zero-order valence-electron chi connectivity index (χ0n) is 21.7. The van der Waals surface area contributed by atoms with E-state index in [0.717, 1.165) is 43.8 Å². The van der Waals surface area contributed by atoms with Gasteiger partial charge in [-0.25, -0.2) is 0 Å². The van der Waals surface area contributed by atoms with Gasteiger partial charge >= 0.3 is 0 Å². The summed E-state index contributed by atoms with van der Waals surface area (Å²) in [6.07, 6.45) is 5.15. The number of hydrogen-bond donors (Lipinski definition) is 2. The molecule has 3 aromatic rings. The van der Waals surface area contributed by atoms with Gasteiger partial charge < -0.3 is 29.5 Å². The van der Waals surface area contributed by atoms with Crippen molar-refractivity contribution in [2.24, 2.45) is 0 Å². The Balaban J connectivity index is 1.35. The van der Waals surface area contributed by atoms with Gasteiger partial charge in [0.05, 0.1) is 12.1 Å². The lowest BCUT2D eigenvalue weighted by Crippen LogP contribution is -2.37. The number of phenols is 1. The highest BCUT2D eigenvalue weighted by molar-refractivity contribution is 6.33. The van der Waals surface area contributed by atoms with Crippen LogP contribution in [-0.4, -0.2) is 48.8 Å². The first kappa shape index (κ1) is 27.4. The number of likely N-dealkylation sites (tertiary alicyclic amines) is 1. The van der Waals surface area contributed by atoms with E-state index in [0.29, 0.717) is 17.0 Å². The lowest BCUT2D eigenvalue weighted by Gasteiger charge is -2.31. The molecule has 0 unspecified atom stereocenters. The zero-order chi connectivity index (χ0) is 26.9. The predicted octanol–water partition coefficient (Wildman–Crippen LogP) is 6.15. The number of halogens is 1. The van der Waals surface area contributed by atoms with E-state index in [2.05, 4.69) is 17.1 Å². The van der Waals surface area contributed by atoms with Crippen LogP contribution in [0.5, 0.6) is 23.0 Å². The van der Waals surface area contributed by atoms with Crippen molar-refractivity contribution in [3.8, 4) is 23.0 Å². The van der Waals surface area contributed by atoms with Crippen LogP contribution in [0.2, 0.25) is 5.02 Å². The van der Waals surface area contributed by atoms with Crippen LogP contribution in [0.3, 0.4) is 0 Å². The van der Waals surface area contributed by atoms with Gasteiger partial charge in [0.15, 0.2) is 11.5 Å². The molecule has 200 valence electrons. The summed E-state index contributed by atoms with van der Waals surface area (Å²) in [4.78, 5) is 15.1. The summed E-state index contributed by atoms with van der Waals surface area (Å²) in [5.74, 6) is 1.25. The normalized spacial score (nSPS) is 14.4. The van der Waals surface area contributed by atoms with E-state index in [4.69, 9.17) is 25.8 Å². The van der Waals surface area contributed by atoms with Crippen LogP contribution < -0.4 is 19.5 Å². The van der Waals surface area contributed by atoms with Gasteiger partial charge in [-0.15, -0.1) is 0 Å². The van der Waals surface area contributed by atoms with Gasteiger partial charge in [-0.1, -0.05) is 42.8 Å². The second kappa shape index (κ2) is 13.2. The first-order chi connectivity index (χ1) is 18.5. The number of nitrogens with one attached hydrogen (secondary N) is 1. The Morgan fingerprint density at radius 1 is 1.11 bits per heavy atom. The Labute approximate surface area is 228 Å². The Hall–Kier alpha value is -3.68. The highest BCUT2D eigenvalue weighted by Crippen LogP contribution is 2.36. The second-order valence-electron chi connectivity index (χ2n) is 9.01. The second-order valence-corrected chi connectivity index (χ2v) is 9.39. The van der Waals surface area contributed by atoms with Crippen LogP contribution >= 0.6 is 11.6 Å². The molecule has 7 nitrogen and oxygen atoms in total. The summed E-state index contributed by atoms with van der Waals surface area (Å²) in [6, 6.07) is 18.4. The van der Waals surface area contributed by atoms with Crippen LogP contribution in [0.4, 0.5) is 5.69 Å². The molecule has 0 atom stereocenters. The minimum absolute atomic E-state index is 0.111. The van der Waals surface area contributed by atoms with Crippen LogP contribution in [0.1, 0.15) is 30.9 Å². The molecule has 4 rings (SSSR count). The molecule has 8 heteroatoms. The number of methoxy groups -OCH3 is 1. The molecule has 0 aromatic heterocycles. The van der Waals surface area contributed by atoms with E-state index < -0.39 is 0 Å². The van der Waals surface area contributed by atoms with Crippen molar-refractivity contribution in [1.82, 2.24) is 4.90 Å². The van der Waals surface area contributed by atoms with Crippen molar-refractivity contribution in [3.05, 3.63) is 82.9 Å². The number of rotatable bonds is 10. The van der Waals surface area contributed by atoms with Gasteiger partial charge in [0, 0.05) is 36.5 Å². The highest BCUT2D eigenvalue weighted by Gasteiger charge is 2.19. The minimum Gasteiger partial charge on any atom is -0.503 e. The van der Waals surface area contributed by atoms with Crippen molar-refractivity contribution < 1.29 is 24.1 Å². The topological polar surface area (TPSA) is 80.3 Å². The molecule has 0 bridgehead atoms. The molecule has 1 fully saturated rings. The maximum Gasteiger partial charge on any atom is 0.248 e. The van der Waals surface area contributed by atoms with Crippen molar-refractivity contribution in [2.75, 3.05) is 32.1 Å². The summed E-state index contributed by atoms with van der Waals surface area (Å²) < 4.78 is 17.3. The van der Waals surface area contributed by atoms with Crippen molar-refractivity contribution in [1.29, 1.82) is 0 Å². The fourth-order valence-corrected chi connectivity index (χ4v) is 4.52. The van der Waals surface area contributed by atoms with E-state index in [-0.39, 0.29) is 35.1 Å². The number of carbonyl (C=O) groups excluding carboxylic acids is 1. The van der Waals surface area contributed by atoms with E-state index in [1.807, 2.05) is 48.5 Å². The zero-order valence-corrected chi connectivity index (χ0v) is 22.4. The maximum absolute atomic E-state index is 12.6. The molecule has 0 spiro atoms. The Bertz CT molecular complexity index is 1270. The molecule has 3 aromatic carbocycles. The number of anilines is 1. The van der Waals surface area contributed by atoms with Crippen LogP contribution in [-0.2, 0) is 11.4 Å². The first-order valence-electron chi connectivity index (χ1n) is 12.7. The van der Waals surface area contributed by atoms with Crippen molar-refractivity contribution >= 4 is 29.3 Å². The lowest BCUT2D eigenvalue weighted by atomic mass is 10.1. The Morgan fingerprint density at radius 3 is 2.63 bits per heavy atom. The number of ether oxygens (including phenoxy) is 3. The molecule has 2 N–H and O–H groups in total. The number of aromatic hydroxyl groups is 1. The van der Waals surface area contributed by atoms with Crippen molar-refractivity contribution in [3.63, 3.8) is 0 Å². The molecular weight excluding hydrogens is 504 g/mol. The Morgan fingerprint density at radius 2 is 1.87 bits per heavy atom. The van der Waals surface area contributed by atoms with Crippen molar-refractivity contribution in [2.45, 2.75) is 32.5 Å². The van der Waals surface area contributed by atoms with Gasteiger partial charge in [0.2, 0.25) is 5.91 Å². The molecule has 1 heterocycles. The standard InChI is InChI=1S/C30H33ClN2O5/c1-3-33-17-15-23(16-18-33)38-25-9-6-8-24(19-25)37-20-22-7-4-5-10-26(22)32-28(34)14-12-21-11-13-27(36-2)30(35)29(21)31/h4-14,19,23,35H,3,15-18,20H2,1-2H3,(H,32,34). The fourth-order valence-electron chi connectivity index (χ4n) is 4.30. The lowest BCUT2D eigenvalue weighted by molar-refractivity contribution is -0.111. The number of carbonyl (C=O) groups is 1. The molecule has 0 radical (unpaired) electrons. The van der Waals surface area contributed by atoms with Gasteiger partial charge in [-0.3, -0.25) is 4.79 Å². The van der Waals surface area contributed by atoms with Crippen LogP contribution in [0.15, 0.2) is 66.7 Å². The molecule has 1 aliphatic heterocycles. The third kappa shape index (κ3) is 7.21. The molecule has 1 aliphatic rings. The fraction of sp³-hybridized carbons (Fsp3) is 0.300. The van der Waals surface area contributed by atoms with E-state index in [1.54, 1.807) is 12.1 Å². The van der Waals surface area contributed by atoms with Gasteiger partial charge in [-0.2, -0.15) is 0 Å².